The first kappa shape index (κ1) is 35.2. The molecule has 64 heavy (non-hydrogen) atoms. The van der Waals surface area contributed by atoms with Crippen molar-refractivity contribution in [3.8, 4) is 62.1 Å². The lowest BCUT2D eigenvalue weighted by atomic mass is 9.69. The van der Waals surface area contributed by atoms with Crippen LogP contribution in [0.4, 0.5) is 0 Å². The maximum atomic E-state index is 5.33. The summed E-state index contributed by atoms with van der Waals surface area (Å²) in [7, 11) is 0. The maximum Gasteiger partial charge on any atom is 0.164 e. The first-order chi connectivity index (χ1) is 31.8. The number of para-hydroxylation sites is 2. The molecule has 2 aliphatic rings. The van der Waals surface area contributed by atoms with E-state index in [1.807, 2.05) is 18.2 Å². The lowest BCUT2D eigenvalue weighted by molar-refractivity contribution is 0.802. The standard InChI is InChI=1S/C60H36N4/c1-2-17-37(18-3-1)57-61-58(38-19-16-20-40(35-38)64-53-31-14-10-24-44(53)45-25-11-15-32-54(45)64)63-59(62-57)39-33-34-52-49(36-39)43-23-8-12-29-50(43)60(52)51-30-13-9-28-48(51)55-46-26-6-4-21-41(46)42-22-5-7-27-47(42)56(55)60/h1-36H. The van der Waals surface area contributed by atoms with Crippen LogP contribution < -0.4 is 0 Å². The Kier molecular flexibility index (Phi) is 7.29. The summed E-state index contributed by atoms with van der Waals surface area (Å²) in [6, 6.07) is 79.0. The van der Waals surface area contributed by atoms with Gasteiger partial charge in [0.15, 0.2) is 17.5 Å². The van der Waals surface area contributed by atoms with Gasteiger partial charge < -0.3 is 4.57 Å². The zero-order valence-corrected chi connectivity index (χ0v) is 34.6. The topological polar surface area (TPSA) is 43.6 Å². The van der Waals surface area contributed by atoms with Gasteiger partial charge in [0.1, 0.15) is 0 Å². The second-order valence-corrected chi connectivity index (χ2v) is 17.0. The van der Waals surface area contributed by atoms with Gasteiger partial charge in [0.25, 0.3) is 0 Å². The van der Waals surface area contributed by atoms with Crippen molar-refractivity contribution < 1.29 is 0 Å². The van der Waals surface area contributed by atoms with Crippen molar-refractivity contribution in [1.29, 1.82) is 0 Å². The van der Waals surface area contributed by atoms with E-state index in [9.17, 15) is 0 Å². The van der Waals surface area contributed by atoms with Gasteiger partial charge in [-0.25, -0.2) is 15.0 Å². The molecule has 0 aliphatic heterocycles. The first-order valence-corrected chi connectivity index (χ1v) is 21.9. The van der Waals surface area contributed by atoms with Gasteiger partial charge in [0.05, 0.1) is 16.4 Å². The molecule has 0 radical (unpaired) electrons. The molecule has 10 aromatic carbocycles. The molecule has 2 aliphatic carbocycles. The quantitative estimate of drug-likeness (QED) is 0.166. The normalized spacial score (nSPS) is 14.6. The molecule has 1 unspecified atom stereocenters. The molecule has 0 saturated heterocycles. The SMILES string of the molecule is c1ccc(-c2nc(-c3cccc(-n4c5ccccc5c5ccccc54)c3)nc(-c3ccc4c(c3)-c3ccccc3C43c4ccccc4-c4c3c3ccccc3c3ccccc43)n2)cc1. The molecule has 1 atom stereocenters. The van der Waals surface area contributed by atoms with Crippen molar-refractivity contribution >= 4 is 43.4 Å². The number of rotatable bonds is 4. The number of aromatic nitrogens is 4. The van der Waals surface area contributed by atoms with Crippen LogP contribution in [0.25, 0.3) is 105 Å². The van der Waals surface area contributed by atoms with Gasteiger partial charge in [-0.15, -0.1) is 0 Å². The third kappa shape index (κ3) is 4.74. The molecule has 296 valence electrons. The Morgan fingerprint density at radius 3 is 1.50 bits per heavy atom. The van der Waals surface area contributed by atoms with Crippen LogP contribution in [0.5, 0.6) is 0 Å². The molecule has 4 heteroatoms. The minimum Gasteiger partial charge on any atom is -0.309 e. The Morgan fingerprint density at radius 2 is 0.797 bits per heavy atom. The molecule has 0 saturated carbocycles. The molecular weight excluding hydrogens is 777 g/mol. The molecule has 2 aromatic heterocycles. The van der Waals surface area contributed by atoms with E-state index in [0.29, 0.717) is 17.5 Å². The molecule has 0 bridgehead atoms. The van der Waals surface area contributed by atoms with Gasteiger partial charge in [-0.3, -0.25) is 0 Å². The lowest BCUT2D eigenvalue weighted by Gasteiger charge is -2.31. The second-order valence-electron chi connectivity index (χ2n) is 17.0. The fourth-order valence-electron chi connectivity index (χ4n) is 11.3. The Morgan fingerprint density at radius 1 is 0.312 bits per heavy atom. The number of nitrogens with zero attached hydrogens (tertiary/aromatic N) is 4. The molecule has 0 amide bonds. The number of fused-ring (bicyclic) bond motifs is 18. The van der Waals surface area contributed by atoms with Gasteiger partial charge in [0, 0.05) is 33.2 Å². The number of hydrogen-bond acceptors (Lipinski definition) is 3. The van der Waals surface area contributed by atoms with Crippen molar-refractivity contribution in [2.75, 3.05) is 0 Å². The molecule has 0 N–H and O–H groups in total. The highest BCUT2D eigenvalue weighted by molar-refractivity contribution is 6.20. The summed E-state index contributed by atoms with van der Waals surface area (Å²) in [5, 5.41) is 7.59. The highest BCUT2D eigenvalue weighted by atomic mass is 15.0. The number of benzene rings is 10. The Hall–Kier alpha value is -8.47. The summed E-state index contributed by atoms with van der Waals surface area (Å²) in [5.74, 6) is 1.90. The smallest absolute Gasteiger partial charge is 0.164 e. The average molecular weight is 813 g/mol. The highest BCUT2D eigenvalue weighted by Gasteiger charge is 2.53. The van der Waals surface area contributed by atoms with Crippen molar-refractivity contribution in [3.63, 3.8) is 0 Å². The molecule has 4 nitrogen and oxygen atoms in total. The largest absolute Gasteiger partial charge is 0.309 e. The van der Waals surface area contributed by atoms with Crippen molar-refractivity contribution in [2.45, 2.75) is 5.41 Å². The summed E-state index contributed by atoms with van der Waals surface area (Å²) in [5.41, 5.74) is 16.0. The third-order valence-electron chi connectivity index (χ3n) is 13.8. The third-order valence-corrected chi connectivity index (χ3v) is 13.8. The molecule has 1 spiro atoms. The lowest BCUT2D eigenvalue weighted by Crippen LogP contribution is -2.26. The summed E-state index contributed by atoms with van der Waals surface area (Å²) >= 11 is 0. The van der Waals surface area contributed by atoms with E-state index in [1.165, 1.54) is 76.8 Å². The van der Waals surface area contributed by atoms with Crippen molar-refractivity contribution in [1.82, 2.24) is 19.5 Å². The van der Waals surface area contributed by atoms with Crippen LogP contribution in [0, 0.1) is 0 Å². The zero-order chi connectivity index (χ0) is 41.9. The van der Waals surface area contributed by atoms with Crippen LogP contribution >= 0.6 is 0 Å². The minimum absolute atomic E-state index is 0.521. The van der Waals surface area contributed by atoms with Crippen LogP contribution in [-0.2, 0) is 5.41 Å². The van der Waals surface area contributed by atoms with Crippen LogP contribution in [0.3, 0.4) is 0 Å². The van der Waals surface area contributed by atoms with Crippen molar-refractivity contribution in [3.05, 3.63) is 241 Å². The van der Waals surface area contributed by atoms with Gasteiger partial charge in [0.2, 0.25) is 0 Å². The Balaban J connectivity index is 0.995. The van der Waals surface area contributed by atoms with E-state index in [0.717, 1.165) is 33.4 Å². The van der Waals surface area contributed by atoms with Gasteiger partial charge in [-0.2, -0.15) is 0 Å². The maximum absolute atomic E-state index is 5.33. The Bertz CT molecular complexity index is 3870. The molecule has 2 heterocycles. The van der Waals surface area contributed by atoms with Gasteiger partial charge in [-0.1, -0.05) is 188 Å². The van der Waals surface area contributed by atoms with E-state index >= 15 is 0 Å². The van der Waals surface area contributed by atoms with Crippen LogP contribution in [0.2, 0.25) is 0 Å². The van der Waals surface area contributed by atoms with Crippen LogP contribution in [0.15, 0.2) is 218 Å². The molecule has 14 rings (SSSR count). The first-order valence-electron chi connectivity index (χ1n) is 21.9. The number of hydrogen-bond donors (Lipinski definition) is 0. The van der Waals surface area contributed by atoms with Gasteiger partial charge >= 0.3 is 0 Å². The molecule has 12 aromatic rings. The molecular formula is C60H36N4. The van der Waals surface area contributed by atoms with E-state index in [2.05, 4.69) is 205 Å². The van der Waals surface area contributed by atoms with Crippen LogP contribution in [0.1, 0.15) is 22.3 Å². The predicted octanol–water partition coefficient (Wildman–Crippen LogP) is 14.6. The van der Waals surface area contributed by atoms with Crippen molar-refractivity contribution in [2.24, 2.45) is 0 Å². The Labute approximate surface area is 369 Å². The van der Waals surface area contributed by atoms with E-state index in [-0.39, 0.29) is 0 Å². The van der Waals surface area contributed by atoms with E-state index < -0.39 is 5.41 Å². The summed E-state index contributed by atoms with van der Waals surface area (Å²) in [6.07, 6.45) is 0. The molecule has 0 fully saturated rings. The summed E-state index contributed by atoms with van der Waals surface area (Å²) < 4.78 is 2.34. The second kappa shape index (κ2) is 13.3. The van der Waals surface area contributed by atoms with Crippen LogP contribution in [-0.4, -0.2) is 19.5 Å². The predicted molar refractivity (Wildman–Crippen MR) is 262 cm³/mol. The fraction of sp³-hybridized carbons (Fsp3) is 0.0167. The fourth-order valence-corrected chi connectivity index (χ4v) is 11.3. The van der Waals surface area contributed by atoms with Gasteiger partial charge in [-0.05, 0) is 96.4 Å². The highest BCUT2D eigenvalue weighted by Crippen LogP contribution is 2.65. The summed E-state index contributed by atoms with van der Waals surface area (Å²) in [4.78, 5) is 15.8. The average Bonchev–Trinajstić information content (AvgIpc) is 3.99. The summed E-state index contributed by atoms with van der Waals surface area (Å²) in [6.45, 7) is 0. The monoisotopic (exact) mass is 812 g/mol. The minimum atomic E-state index is -0.521. The zero-order valence-electron chi connectivity index (χ0n) is 34.6. The van der Waals surface area contributed by atoms with E-state index in [4.69, 9.17) is 15.0 Å². The van der Waals surface area contributed by atoms with E-state index in [1.54, 1.807) is 0 Å².